The summed E-state index contributed by atoms with van der Waals surface area (Å²) in [6.45, 7) is 9.38. The zero-order valence-electron chi connectivity index (χ0n) is 21.5. The molecule has 3 aromatic rings. The van der Waals surface area contributed by atoms with Gasteiger partial charge in [0.15, 0.2) is 12.1 Å². The zero-order valence-corrected chi connectivity index (χ0v) is 21.5. The molecule has 0 aliphatic carbocycles. The number of ether oxygens (including phenoxy) is 2. The summed E-state index contributed by atoms with van der Waals surface area (Å²) in [4.78, 5) is 2.64. The Labute approximate surface area is 210 Å². The molecule has 0 spiro atoms. The highest BCUT2D eigenvalue weighted by Crippen LogP contribution is 2.33. The van der Waals surface area contributed by atoms with Crippen LogP contribution in [0.5, 0.6) is 0 Å². The third kappa shape index (κ3) is 6.55. The van der Waals surface area contributed by atoms with Crippen molar-refractivity contribution in [1.29, 1.82) is 0 Å². The minimum atomic E-state index is -0.190. The van der Waals surface area contributed by atoms with Gasteiger partial charge in [0, 0.05) is 23.4 Å². The number of nitrogens with zero attached hydrogens (tertiary/aromatic N) is 1. The molecule has 0 amide bonds. The molecule has 1 aromatic heterocycles. The van der Waals surface area contributed by atoms with Crippen molar-refractivity contribution >= 4 is 11.0 Å². The van der Waals surface area contributed by atoms with Crippen LogP contribution in [-0.2, 0) is 9.47 Å². The van der Waals surface area contributed by atoms with Crippen molar-refractivity contribution in [2.75, 3.05) is 19.7 Å². The van der Waals surface area contributed by atoms with E-state index in [1.165, 1.54) is 25.7 Å². The molecule has 2 aromatic carbocycles. The molecule has 1 aliphatic rings. The van der Waals surface area contributed by atoms with Gasteiger partial charge in [0.1, 0.15) is 12.2 Å². The monoisotopic (exact) mass is 473 g/mol. The number of hydrogen-bond acceptors (Lipinski definition) is 4. The van der Waals surface area contributed by atoms with Crippen molar-refractivity contribution < 1.29 is 13.9 Å². The van der Waals surface area contributed by atoms with Crippen LogP contribution in [0.1, 0.15) is 64.9 Å². The summed E-state index contributed by atoms with van der Waals surface area (Å²) in [5, 5.41) is 1.03. The Bertz CT molecular complexity index is 1100. The molecule has 0 bridgehead atoms. The van der Waals surface area contributed by atoms with Gasteiger partial charge in [0.2, 0.25) is 0 Å². The van der Waals surface area contributed by atoms with E-state index in [0.717, 1.165) is 53.8 Å². The minimum Gasteiger partial charge on any atom is -0.455 e. The molecule has 1 aliphatic heterocycles. The number of rotatable bonds is 10. The average molecular weight is 474 g/mol. The fourth-order valence-electron chi connectivity index (χ4n) is 4.93. The summed E-state index contributed by atoms with van der Waals surface area (Å²) in [7, 11) is 0. The molecule has 4 rings (SSSR count). The standard InChI is InChI=1S/C31H39NO3/c1-4-6-21-32(22-7-5-2)28-19-20-30(34-24(28)3)33-23-13-17-27-26-16-11-12-18-29(26)35-31(27)25-14-9-8-10-15-25/h8-12,14-16,18,24,28,30H,4-7,19-23H2,1-3H3/t24-,28-,30+/m0/s1. The van der Waals surface area contributed by atoms with Crippen molar-refractivity contribution in [1.82, 2.24) is 4.90 Å². The Morgan fingerprint density at radius 1 is 0.943 bits per heavy atom. The third-order valence-corrected chi connectivity index (χ3v) is 6.86. The van der Waals surface area contributed by atoms with Gasteiger partial charge in [0.25, 0.3) is 0 Å². The van der Waals surface area contributed by atoms with Crippen LogP contribution in [0.4, 0.5) is 0 Å². The first-order valence-electron chi connectivity index (χ1n) is 13.3. The van der Waals surface area contributed by atoms with Gasteiger partial charge in [-0.1, -0.05) is 81.0 Å². The topological polar surface area (TPSA) is 34.8 Å². The van der Waals surface area contributed by atoms with Crippen LogP contribution < -0.4 is 0 Å². The van der Waals surface area contributed by atoms with Crippen LogP contribution >= 0.6 is 0 Å². The van der Waals surface area contributed by atoms with E-state index >= 15 is 0 Å². The maximum absolute atomic E-state index is 6.29. The number of furan rings is 1. The normalized spacial score (nSPS) is 20.2. The Hall–Kier alpha value is -2.58. The molecule has 1 fully saturated rings. The maximum atomic E-state index is 6.29. The van der Waals surface area contributed by atoms with Crippen molar-refractivity contribution in [3.05, 3.63) is 60.2 Å². The van der Waals surface area contributed by atoms with Crippen LogP contribution in [0.2, 0.25) is 0 Å². The molecule has 1 saturated heterocycles. The predicted molar refractivity (Wildman–Crippen MR) is 143 cm³/mol. The predicted octanol–water partition coefficient (Wildman–Crippen LogP) is 7.26. The summed E-state index contributed by atoms with van der Waals surface area (Å²) in [6, 6.07) is 18.7. The number of para-hydroxylation sites is 1. The molecule has 0 unspecified atom stereocenters. The number of fused-ring (bicyclic) bond motifs is 1. The Morgan fingerprint density at radius 2 is 1.66 bits per heavy atom. The summed E-state index contributed by atoms with van der Waals surface area (Å²) in [5.41, 5.74) is 2.79. The minimum absolute atomic E-state index is 0.165. The second kappa shape index (κ2) is 12.9. The van der Waals surface area contributed by atoms with Crippen LogP contribution in [0.3, 0.4) is 0 Å². The fraction of sp³-hybridized carbons (Fsp3) is 0.484. The lowest BCUT2D eigenvalue weighted by molar-refractivity contribution is -0.202. The van der Waals surface area contributed by atoms with E-state index in [1.54, 1.807) is 0 Å². The van der Waals surface area contributed by atoms with E-state index in [2.05, 4.69) is 55.7 Å². The van der Waals surface area contributed by atoms with Gasteiger partial charge in [-0.05, 0) is 51.4 Å². The molecule has 3 atom stereocenters. The van der Waals surface area contributed by atoms with E-state index in [-0.39, 0.29) is 12.4 Å². The molecular formula is C31H39NO3. The first-order chi connectivity index (χ1) is 17.2. The highest BCUT2D eigenvalue weighted by molar-refractivity contribution is 5.91. The average Bonchev–Trinajstić information content (AvgIpc) is 3.26. The SMILES string of the molecule is CCCCN(CCCC)[C@H]1CC[C@H](OCC#Cc2c(-c3ccccc3)oc3ccccc23)O[C@H]1C. The highest BCUT2D eigenvalue weighted by atomic mass is 16.7. The number of unbranched alkanes of at least 4 members (excludes halogenated alkanes) is 2. The van der Waals surface area contributed by atoms with Gasteiger partial charge in [-0.2, -0.15) is 0 Å². The maximum Gasteiger partial charge on any atom is 0.159 e. The molecule has 0 N–H and O–H groups in total. The molecular weight excluding hydrogens is 434 g/mol. The summed E-state index contributed by atoms with van der Waals surface area (Å²) < 4.78 is 18.5. The van der Waals surface area contributed by atoms with E-state index in [4.69, 9.17) is 13.9 Å². The van der Waals surface area contributed by atoms with Gasteiger partial charge in [0.05, 0.1) is 11.7 Å². The van der Waals surface area contributed by atoms with E-state index in [9.17, 15) is 0 Å². The van der Waals surface area contributed by atoms with E-state index in [0.29, 0.717) is 12.6 Å². The van der Waals surface area contributed by atoms with Gasteiger partial charge < -0.3 is 13.9 Å². The van der Waals surface area contributed by atoms with Crippen molar-refractivity contribution in [2.45, 2.75) is 77.7 Å². The summed E-state index contributed by atoms with van der Waals surface area (Å²) >= 11 is 0. The van der Waals surface area contributed by atoms with Crippen molar-refractivity contribution in [2.24, 2.45) is 0 Å². The Morgan fingerprint density at radius 3 is 2.37 bits per heavy atom. The summed E-state index contributed by atoms with van der Waals surface area (Å²) in [6.07, 6.45) is 6.95. The second-order valence-corrected chi connectivity index (χ2v) is 9.44. The van der Waals surface area contributed by atoms with E-state index in [1.807, 2.05) is 36.4 Å². The Balaban J connectivity index is 1.38. The van der Waals surface area contributed by atoms with Gasteiger partial charge in [-0.3, -0.25) is 4.90 Å². The van der Waals surface area contributed by atoms with Crippen LogP contribution in [0, 0.1) is 11.8 Å². The van der Waals surface area contributed by atoms with Gasteiger partial charge >= 0.3 is 0 Å². The molecule has 186 valence electrons. The lowest BCUT2D eigenvalue weighted by Crippen LogP contribution is -2.49. The quantitative estimate of drug-likeness (QED) is 0.290. The molecule has 4 nitrogen and oxygen atoms in total. The highest BCUT2D eigenvalue weighted by Gasteiger charge is 2.32. The lowest BCUT2D eigenvalue weighted by atomic mass is 10.00. The van der Waals surface area contributed by atoms with Gasteiger partial charge in [-0.25, -0.2) is 0 Å². The van der Waals surface area contributed by atoms with Crippen LogP contribution in [0.15, 0.2) is 59.0 Å². The second-order valence-electron chi connectivity index (χ2n) is 9.44. The molecule has 0 radical (unpaired) electrons. The van der Waals surface area contributed by atoms with Crippen molar-refractivity contribution in [3.63, 3.8) is 0 Å². The van der Waals surface area contributed by atoms with E-state index < -0.39 is 0 Å². The molecule has 4 heteroatoms. The number of benzene rings is 2. The van der Waals surface area contributed by atoms with Crippen LogP contribution in [0.25, 0.3) is 22.3 Å². The third-order valence-electron chi connectivity index (χ3n) is 6.86. The number of hydrogen-bond donors (Lipinski definition) is 0. The lowest BCUT2D eigenvalue weighted by Gasteiger charge is -2.41. The van der Waals surface area contributed by atoms with Crippen molar-refractivity contribution in [3.8, 4) is 23.2 Å². The van der Waals surface area contributed by atoms with Crippen LogP contribution in [-0.4, -0.2) is 43.0 Å². The largest absolute Gasteiger partial charge is 0.455 e. The molecule has 2 heterocycles. The summed E-state index contributed by atoms with van der Waals surface area (Å²) in [5.74, 6) is 7.35. The first-order valence-corrected chi connectivity index (χ1v) is 13.3. The smallest absolute Gasteiger partial charge is 0.159 e. The molecule has 35 heavy (non-hydrogen) atoms. The van der Waals surface area contributed by atoms with Gasteiger partial charge in [-0.15, -0.1) is 0 Å². The molecule has 0 saturated carbocycles. The Kier molecular flexibility index (Phi) is 9.42. The fourth-order valence-corrected chi connectivity index (χ4v) is 4.93. The first kappa shape index (κ1) is 25.5. The zero-order chi connectivity index (χ0) is 24.5.